The Kier molecular flexibility index (Phi) is 4.13. The minimum atomic E-state index is 1.17. The van der Waals surface area contributed by atoms with Gasteiger partial charge in [-0.25, -0.2) is 0 Å². The van der Waals surface area contributed by atoms with Crippen LogP contribution < -0.4 is 0 Å². The minimum Gasteiger partial charge on any atom is -0.103 e. The lowest BCUT2D eigenvalue weighted by molar-refractivity contribution is 0.656. The van der Waals surface area contributed by atoms with Gasteiger partial charge in [0.15, 0.2) is 0 Å². The highest BCUT2D eigenvalue weighted by atomic mass is 14.2. The maximum atomic E-state index is 3.76. The summed E-state index contributed by atoms with van der Waals surface area (Å²) in [6.45, 7) is 6.02. The molecule has 0 aromatic rings. The molecule has 1 aliphatic carbocycles. The first-order chi connectivity index (χ1) is 5.88. The second kappa shape index (κ2) is 5.18. The average molecular weight is 164 g/mol. The monoisotopic (exact) mass is 164 g/mol. The summed E-state index contributed by atoms with van der Waals surface area (Å²) < 4.78 is 0. The molecule has 0 N–H and O–H groups in total. The van der Waals surface area contributed by atoms with Gasteiger partial charge in [-0.2, -0.15) is 0 Å². The first-order valence-electron chi connectivity index (χ1n) is 5.19. The van der Waals surface area contributed by atoms with Gasteiger partial charge in [0.1, 0.15) is 0 Å². The molecule has 12 heavy (non-hydrogen) atoms. The smallest absolute Gasteiger partial charge is 0.0280 e. The van der Waals surface area contributed by atoms with Gasteiger partial charge in [-0.15, -0.1) is 6.58 Å². The highest BCUT2D eigenvalue weighted by molar-refractivity contribution is 5.24. The van der Waals surface area contributed by atoms with E-state index in [1.54, 1.807) is 11.1 Å². The molecule has 0 fully saturated rings. The van der Waals surface area contributed by atoms with E-state index in [0.717, 1.165) is 0 Å². The van der Waals surface area contributed by atoms with Crippen molar-refractivity contribution in [3.63, 3.8) is 0 Å². The van der Waals surface area contributed by atoms with Crippen LogP contribution in [0.25, 0.3) is 0 Å². The van der Waals surface area contributed by atoms with E-state index < -0.39 is 0 Å². The van der Waals surface area contributed by atoms with E-state index in [2.05, 4.69) is 13.5 Å². The Bertz CT molecular complexity index is 174. The van der Waals surface area contributed by atoms with Crippen molar-refractivity contribution in [1.29, 1.82) is 0 Å². The van der Waals surface area contributed by atoms with Crippen LogP contribution in [-0.2, 0) is 0 Å². The van der Waals surface area contributed by atoms with E-state index >= 15 is 0 Å². The molecule has 0 atom stereocenters. The zero-order valence-corrected chi connectivity index (χ0v) is 8.23. The largest absolute Gasteiger partial charge is 0.103 e. The normalized spacial score (nSPS) is 16.1. The number of allylic oxidation sites excluding steroid dienone is 3. The molecule has 0 saturated heterocycles. The summed E-state index contributed by atoms with van der Waals surface area (Å²) in [5, 5.41) is 0. The van der Waals surface area contributed by atoms with Crippen LogP contribution in [0.1, 0.15) is 51.9 Å². The zero-order chi connectivity index (χ0) is 8.81. The molecule has 0 unspecified atom stereocenters. The van der Waals surface area contributed by atoms with Crippen LogP contribution in [0.3, 0.4) is 0 Å². The van der Waals surface area contributed by atoms with Crippen LogP contribution in [0.2, 0.25) is 0 Å². The summed E-state index contributed by atoms with van der Waals surface area (Å²) in [6.07, 6.45) is 11.3. The fourth-order valence-electron chi connectivity index (χ4n) is 1.75. The standard InChI is InChI=1S/C12H20/c1-3-5-7-11-9-10-12(11)8-6-4-2/h3H,1,4-10H2,2H3. The molecule has 0 aliphatic heterocycles. The molecule has 0 amide bonds. The Morgan fingerprint density at radius 2 is 1.92 bits per heavy atom. The maximum absolute atomic E-state index is 3.76. The van der Waals surface area contributed by atoms with Crippen LogP contribution in [0.5, 0.6) is 0 Å². The Balaban J connectivity index is 2.26. The topological polar surface area (TPSA) is 0 Å². The molecule has 0 bridgehead atoms. The summed E-state index contributed by atoms with van der Waals surface area (Å²) >= 11 is 0. The van der Waals surface area contributed by atoms with Crippen molar-refractivity contribution in [2.75, 3.05) is 0 Å². The molecule has 0 saturated carbocycles. The Labute approximate surface area is 76.4 Å². The van der Waals surface area contributed by atoms with Crippen molar-refractivity contribution >= 4 is 0 Å². The summed E-state index contributed by atoms with van der Waals surface area (Å²) in [5.74, 6) is 0. The third kappa shape index (κ3) is 2.51. The van der Waals surface area contributed by atoms with E-state index in [4.69, 9.17) is 0 Å². The molecule has 0 heteroatoms. The van der Waals surface area contributed by atoms with Crippen molar-refractivity contribution in [2.24, 2.45) is 0 Å². The van der Waals surface area contributed by atoms with Gasteiger partial charge in [0.2, 0.25) is 0 Å². The van der Waals surface area contributed by atoms with E-state index in [-0.39, 0.29) is 0 Å². The fourth-order valence-corrected chi connectivity index (χ4v) is 1.75. The number of hydrogen-bond donors (Lipinski definition) is 0. The van der Waals surface area contributed by atoms with Gasteiger partial charge >= 0.3 is 0 Å². The van der Waals surface area contributed by atoms with Gasteiger partial charge in [-0.3, -0.25) is 0 Å². The second-order valence-electron chi connectivity index (χ2n) is 3.64. The van der Waals surface area contributed by atoms with E-state index in [9.17, 15) is 0 Å². The summed E-state index contributed by atoms with van der Waals surface area (Å²) in [5.41, 5.74) is 3.50. The Morgan fingerprint density at radius 3 is 2.42 bits per heavy atom. The number of unbranched alkanes of at least 4 members (excludes halogenated alkanes) is 1. The number of hydrogen-bond acceptors (Lipinski definition) is 0. The maximum Gasteiger partial charge on any atom is -0.0280 e. The summed E-state index contributed by atoms with van der Waals surface area (Å²) in [7, 11) is 0. The van der Waals surface area contributed by atoms with Crippen molar-refractivity contribution in [1.82, 2.24) is 0 Å². The summed E-state index contributed by atoms with van der Waals surface area (Å²) in [6, 6.07) is 0. The molecule has 0 aromatic heterocycles. The van der Waals surface area contributed by atoms with Gasteiger partial charge < -0.3 is 0 Å². The van der Waals surface area contributed by atoms with Gasteiger partial charge in [-0.1, -0.05) is 30.6 Å². The first kappa shape index (κ1) is 9.57. The third-order valence-corrected chi connectivity index (χ3v) is 2.71. The van der Waals surface area contributed by atoms with Crippen molar-refractivity contribution in [3.8, 4) is 0 Å². The van der Waals surface area contributed by atoms with Gasteiger partial charge in [0, 0.05) is 0 Å². The SMILES string of the molecule is C=CCCC1=C(CCCC)CC1. The van der Waals surface area contributed by atoms with Gasteiger partial charge in [-0.05, 0) is 38.5 Å². The van der Waals surface area contributed by atoms with E-state index in [0.29, 0.717) is 0 Å². The average Bonchev–Trinajstić information content (AvgIpc) is 2.04. The third-order valence-electron chi connectivity index (χ3n) is 2.71. The lowest BCUT2D eigenvalue weighted by Crippen LogP contribution is -2.04. The van der Waals surface area contributed by atoms with Crippen LogP contribution >= 0.6 is 0 Å². The van der Waals surface area contributed by atoms with Crippen LogP contribution in [-0.4, -0.2) is 0 Å². The lowest BCUT2D eigenvalue weighted by atomic mass is 9.83. The summed E-state index contributed by atoms with van der Waals surface area (Å²) in [4.78, 5) is 0. The van der Waals surface area contributed by atoms with Crippen LogP contribution in [0.15, 0.2) is 23.8 Å². The lowest BCUT2D eigenvalue weighted by Gasteiger charge is -2.23. The molecule has 0 aromatic carbocycles. The molecular formula is C12H20. The van der Waals surface area contributed by atoms with Crippen molar-refractivity contribution in [3.05, 3.63) is 23.8 Å². The predicted octanol–water partition coefficient (Wildman–Crippen LogP) is 4.23. The predicted molar refractivity (Wildman–Crippen MR) is 55.2 cm³/mol. The molecule has 68 valence electrons. The highest BCUT2D eigenvalue weighted by Gasteiger charge is 2.14. The van der Waals surface area contributed by atoms with E-state index in [1.165, 1.54) is 44.9 Å². The van der Waals surface area contributed by atoms with Gasteiger partial charge in [0.05, 0.1) is 0 Å². The quantitative estimate of drug-likeness (QED) is 0.515. The fraction of sp³-hybridized carbons (Fsp3) is 0.667. The van der Waals surface area contributed by atoms with Crippen LogP contribution in [0.4, 0.5) is 0 Å². The molecule has 1 rings (SSSR count). The Morgan fingerprint density at radius 1 is 1.25 bits per heavy atom. The second-order valence-corrected chi connectivity index (χ2v) is 3.64. The zero-order valence-electron chi connectivity index (χ0n) is 8.23. The first-order valence-corrected chi connectivity index (χ1v) is 5.19. The van der Waals surface area contributed by atoms with Crippen molar-refractivity contribution < 1.29 is 0 Å². The highest BCUT2D eigenvalue weighted by Crippen LogP contribution is 2.34. The Hall–Kier alpha value is -0.520. The van der Waals surface area contributed by atoms with Crippen molar-refractivity contribution in [2.45, 2.75) is 51.9 Å². The number of rotatable bonds is 6. The molecule has 1 aliphatic rings. The molecular weight excluding hydrogens is 144 g/mol. The molecule has 0 nitrogen and oxygen atoms in total. The molecule has 0 heterocycles. The minimum absolute atomic E-state index is 1.17. The molecule has 0 radical (unpaired) electrons. The van der Waals surface area contributed by atoms with Gasteiger partial charge in [0.25, 0.3) is 0 Å². The molecule has 0 spiro atoms. The van der Waals surface area contributed by atoms with E-state index in [1.807, 2.05) is 6.08 Å². The van der Waals surface area contributed by atoms with Crippen LogP contribution in [0, 0.1) is 0 Å².